The second kappa shape index (κ2) is 5.03. The van der Waals surface area contributed by atoms with Crippen molar-refractivity contribution in [2.75, 3.05) is 34.8 Å². The van der Waals surface area contributed by atoms with Gasteiger partial charge in [0.2, 0.25) is 0 Å². The predicted octanol–water partition coefficient (Wildman–Crippen LogP) is 2.11. The predicted molar refractivity (Wildman–Crippen MR) is 78.8 cm³/mol. The zero-order valence-corrected chi connectivity index (χ0v) is 12.1. The van der Waals surface area contributed by atoms with E-state index in [4.69, 9.17) is 5.10 Å². The van der Waals surface area contributed by atoms with Crippen molar-refractivity contribution >= 4 is 23.3 Å². The van der Waals surface area contributed by atoms with Crippen molar-refractivity contribution in [1.82, 2.24) is 9.78 Å². The van der Waals surface area contributed by atoms with Gasteiger partial charge in [0.05, 0.1) is 5.69 Å². The quantitative estimate of drug-likeness (QED) is 0.889. The number of thioether (sulfide) groups is 1. The number of fused-ring (bicyclic) bond motifs is 3. The van der Waals surface area contributed by atoms with Crippen molar-refractivity contribution in [3.63, 3.8) is 0 Å². The monoisotopic (exact) mass is 266 g/mol. The number of hydrogen-bond acceptors (Lipinski definition) is 4. The number of rotatable bonds is 2. The van der Waals surface area contributed by atoms with Crippen molar-refractivity contribution in [2.45, 2.75) is 32.2 Å². The molecule has 100 valence electrons. The van der Waals surface area contributed by atoms with E-state index in [1.54, 1.807) is 0 Å². The van der Waals surface area contributed by atoms with Gasteiger partial charge in [-0.3, -0.25) is 4.68 Å². The van der Waals surface area contributed by atoms with Crippen LogP contribution in [0.1, 0.15) is 25.5 Å². The first-order chi connectivity index (χ1) is 8.81. The second-order valence-corrected chi connectivity index (χ2v) is 6.31. The SMILES string of the molecule is CCCc1nn(C)c2c1NCCC1CSCCN21. The third-order valence-electron chi connectivity index (χ3n) is 3.86. The standard InChI is InChI=1S/C13H22N4S/c1-3-4-11-12-13(16(2)15-11)17-7-8-18-9-10(17)5-6-14-12/h10,14H,3-9H2,1-2H3. The molecule has 18 heavy (non-hydrogen) atoms. The van der Waals surface area contributed by atoms with E-state index in [2.05, 4.69) is 40.6 Å². The zero-order chi connectivity index (χ0) is 12.5. The van der Waals surface area contributed by atoms with Gasteiger partial charge in [-0.1, -0.05) is 13.3 Å². The summed E-state index contributed by atoms with van der Waals surface area (Å²) < 4.78 is 2.08. The summed E-state index contributed by atoms with van der Waals surface area (Å²) in [6.07, 6.45) is 3.47. The zero-order valence-electron chi connectivity index (χ0n) is 11.3. The molecular formula is C13H22N4S. The maximum Gasteiger partial charge on any atom is 0.150 e. The number of aryl methyl sites for hydroxylation is 2. The number of hydrogen-bond donors (Lipinski definition) is 1. The van der Waals surface area contributed by atoms with Crippen molar-refractivity contribution < 1.29 is 0 Å². The van der Waals surface area contributed by atoms with Crippen molar-refractivity contribution in [3.05, 3.63) is 5.69 Å². The molecule has 3 rings (SSSR count). The van der Waals surface area contributed by atoms with Crippen LogP contribution in [-0.4, -0.2) is 40.4 Å². The molecule has 0 aromatic carbocycles. The molecule has 5 heteroatoms. The molecule has 2 aliphatic rings. The van der Waals surface area contributed by atoms with Crippen LogP contribution in [0.4, 0.5) is 11.5 Å². The molecule has 1 unspecified atom stereocenters. The molecule has 1 N–H and O–H groups in total. The molecule has 2 aliphatic heterocycles. The fourth-order valence-corrected chi connectivity index (χ4v) is 4.14. The Bertz CT molecular complexity index is 429. The number of nitrogens with one attached hydrogen (secondary N) is 1. The molecule has 0 spiro atoms. The van der Waals surface area contributed by atoms with Crippen LogP contribution < -0.4 is 10.2 Å². The maximum absolute atomic E-state index is 4.72. The topological polar surface area (TPSA) is 33.1 Å². The largest absolute Gasteiger partial charge is 0.380 e. The molecule has 0 saturated carbocycles. The Hall–Kier alpha value is -0.840. The third-order valence-corrected chi connectivity index (χ3v) is 4.95. The van der Waals surface area contributed by atoms with Crippen LogP contribution in [0.3, 0.4) is 0 Å². The molecule has 4 nitrogen and oxygen atoms in total. The molecular weight excluding hydrogens is 244 g/mol. The Balaban J connectivity index is 2.00. The molecule has 1 aromatic rings. The molecule has 1 fully saturated rings. The highest BCUT2D eigenvalue weighted by molar-refractivity contribution is 7.99. The lowest BCUT2D eigenvalue weighted by atomic mass is 10.2. The third kappa shape index (κ3) is 1.98. The lowest BCUT2D eigenvalue weighted by Crippen LogP contribution is -2.43. The van der Waals surface area contributed by atoms with Gasteiger partial charge < -0.3 is 10.2 Å². The number of anilines is 2. The summed E-state index contributed by atoms with van der Waals surface area (Å²) in [5, 5.41) is 8.34. The minimum Gasteiger partial charge on any atom is -0.380 e. The molecule has 0 radical (unpaired) electrons. The summed E-state index contributed by atoms with van der Waals surface area (Å²) in [6, 6.07) is 0.683. The summed E-state index contributed by atoms with van der Waals surface area (Å²) in [5.74, 6) is 3.82. The summed E-state index contributed by atoms with van der Waals surface area (Å²) in [6.45, 7) is 4.46. The molecule has 0 amide bonds. The Morgan fingerprint density at radius 3 is 3.22 bits per heavy atom. The molecule has 1 aromatic heterocycles. The highest BCUT2D eigenvalue weighted by atomic mass is 32.2. The Kier molecular flexibility index (Phi) is 3.41. The van der Waals surface area contributed by atoms with Crippen molar-refractivity contribution in [2.24, 2.45) is 7.05 Å². The highest BCUT2D eigenvalue weighted by Gasteiger charge is 2.31. The lowest BCUT2D eigenvalue weighted by Gasteiger charge is -2.35. The van der Waals surface area contributed by atoms with Gasteiger partial charge in [0.25, 0.3) is 0 Å². The van der Waals surface area contributed by atoms with Crippen LogP contribution in [-0.2, 0) is 13.5 Å². The van der Waals surface area contributed by atoms with Crippen molar-refractivity contribution in [3.8, 4) is 0 Å². The van der Waals surface area contributed by atoms with Crippen LogP contribution in [0.25, 0.3) is 0 Å². The Morgan fingerprint density at radius 2 is 2.39 bits per heavy atom. The van der Waals surface area contributed by atoms with Gasteiger partial charge in [0.1, 0.15) is 5.69 Å². The highest BCUT2D eigenvalue weighted by Crippen LogP contribution is 2.36. The number of aromatic nitrogens is 2. The van der Waals surface area contributed by atoms with Crippen molar-refractivity contribution in [1.29, 1.82) is 0 Å². The van der Waals surface area contributed by atoms with Gasteiger partial charge >= 0.3 is 0 Å². The van der Waals surface area contributed by atoms with E-state index >= 15 is 0 Å². The van der Waals surface area contributed by atoms with E-state index in [9.17, 15) is 0 Å². The van der Waals surface area contributed by atoms with E-state index in [-0.39, 0.29) is 0 Å². The molecule has 0 bridgehead atoms. The first-order valence-electron chi connectivity index (χ1n) is 6.95. The van der Waals surface area contributed by atoms with E-state index < -0.39 is 0 Å². The first kappa shape index (κ1) is 12.2. The summed E-state index contributed by atoms with van der Waals surface area (Å²) >= 11 is 2.09. The summed E-state index contributed by atoms with van der Waals surface area (Å²) in [7, 11) is 2.09. The van der Waals surface area contributed by atoms with Crippen LogP contribution in [0.15, 0.2) is 0 Å². The van der Waals surface area contributed by atoms with Gasteiger partial charge in [-0.2, -0.15) is 16.9 Å². The molecule has 3 heterocycles. The smallest absolute Gasteiger partial charge is 0.150 e. The van der Waals surface area contributed by atoms with Gasteiger partial charge in [-0.05, 0) is 12.8 Å². The van der Waals surface area contributed by atoms with Gasteiger partial charge in [-0.15, -0.1) is 0 Å². The number of nitrogens with zero attached hydrogens (tertiary/aromatic N) is 3. The molecule has 1 saturated heterocycles. The summed E-state index contributed by atoms with van der Waals surface area (Å²) in [4.78, 5) is 2.58. The fourth-order valence-electron chi connectivity index (χ4n) is 3.03. The molecule has 1 atom stereocenters. The average Bonchev–Trinajstić information content (AvgIpc) is 2.58. The van der Waals surface area contributed by atoms with Crippen LogP contribution >= 0.6 is 11.8 Å². The van der Waals surface area contributed by atoms with E-state index in [0.29, 0.717) is 6.04 Å². The normalized spacial score (nSPS) is 23.0. The Labute approximate surface area is 113 Å². The first-order valence-corrected chi connectivity index (χ1v) is 8.11. The van der Waals surface area contributed by atoms with E-state index in [1.165, 1.54) is 35.1 Å². The second-order valence-electron chi connectivity index (χ2n) is 5.16. The van der Waals surface area contributed by atoms with Crippen LogP contribution in [0.5, 0.6) is 0 Å². The summed E-state index contributed by atoms with van der Waals surface area (Å²) in [5.41, 5.74) is 2.54. The van der Waals surface area contributed by atoms with Gasteiger partial charge in [-0.25, -0.2) is 0 Å². The van der Waals surface area contributed by atoms with Crippen LogP contribution in [0.2, 0.25) is 0 Å². The lowest BCUT2D eigenvalue weighted by molar-refractivity contribution is 0.596. The van der Waals surface area contributed by atoms with Gasteiger partial charge in [0.15, 0.2) is 5.82 Å². The molecule has 0 aliphatic carbocycles. The van der Waals surface area contributed by atoms with E-state index in [0.717, 1.165) is 25.9 Å². The average molecular weight is 266 g/mol. The maximum atomic E-state index is 4.72. The van der Waals surface area contributed by atoms with E-state index in [1.807, 2.05) is 0 Å². The minimum atomic E-state index is 0.683. The Morgan fingerprint density at radius 1 is 1.50 bits per heavy atom. The fraction of sp³-hybridized carbons (Fsp3) is 0.769. The van der Waals surface area contributed by atoms with Gasteiger partial charge in [0, 0.05) is 37.7 Å². The van der Waals surface area contributed by atoms with Crippen LogP contribution in [0, 0.1) is 0 Å². The minimum absolute atomic E-state index is 0.683.